The first kappa shape index (κ1) is 33.9. The summed E-state index contributed by atoms with van der Waals surface area (Å²) in [6, 6.07) is 5.42. The molecular formula is C36H38F4N6O4. The molecule has 2 aromatic carbocycles. The highest BCUT2D eigenvalue weighted by Crippen LogP contribution is 2.44. The van der Waals surface area contributed by atoms with Crippen molar-refractivity contribution < 1.29 is 37.2 Å². The number of hydrogen-bond acceptors (Lipinski definition) is 10. The van der Waals surface area contributed by atoms with Crippen molar-refractivity contribution in [2.24, 2.45) is 5.73 Å². The molecule has 14 heteroatoms. The predicted molar refractivity (Wildman–Crippen MR) is 181 cm³/mol. The van der Waals surface area contributed by atoms with Gasteiger partial charge in [0.1, 0.15) is 40.8 Å². The molecule has 50 heavy (non-hydrogen) atoms. The van der Waals surface area contributed by atoms with Crippen LogP contribution in [-0.4, -0.2) is 87.2 Å². The predicted octanol–water partition coefficient (Wildman–Crippen LogP) is 5.68. The van der Waals surface area contributed by atoms with Crippen LogP contribution in [0.2, 0.25) is 0 Å². The normalized spacial score (nSPS) is 22.9. The van der Waals surface area contributed by atoms with Gasteiger partial charge in [-0.25, -0.2) is 13.8 Å². The Bertz CT molecular complexity index is 2050. The van der Waals surface area contributed by atoms with Crippen LogP contribution in [0.1, 0.15) is 44.4 Å². The number of nitrogens with two attached hydrogens (primary N) is 1. The number of rotatable bonds is 7. The van der Waals surface area contributed by atoms with Crippen LogP contribution >= 0.6 is 0 Å². The highest BCUT2D eigenvalue weighted by molar-refractivity contribution is 6.03. The number of β-amino-alcohol motifs (C(OH)–C–C–N with tert-alkyl or cyclic N) is 1. The Morgan fingerprint density at radius 1 is 1.14 bits per heavy atom. The van der Waals surface area contributed by atoms with Crippen molar-refractivity contribution in [1.29, 1.82) is 0 Å². The van der Waals surface area contributed by atoms with Gasteiger partial charge < -0.3 is 30.3 Å². The van der Waals surface area contributed by atoms with Crippen LogP contribution in [-0.2, 0) is 11.2 Å². The summed E-state index contributed by atoms with van der Waals surface area (Å²) in [7, 11) is 0. The van der Waals surface area contributed by atoms with Crippen molar-refractivity contribution in [2.45, 2.75) is 50.7 Å². The van der Waals surface area contributed by atoms with Gasteiger partial charge in [0.2, 0.25) is 0 Å². The van der Waals surface area contributed by atoms with E-state index in [4.69, 9.17) is 20.2 Å². The maximum absolute atomic E-state index is 17.2. The summed E-state index contributed by atoms with van der Waals surface area (Å²) < 4.78 is 71.5. The third kappa shape index (κ3) is 5.98. The zero-order chi connectivity index (χ0) is 35.4. The molecule has 0 aliphatic carbocycles. The van der Waals surface area contributed by atoms with E-state index in [1.54, 1.807) is 18.7 Å². The first-order chi connectivity index (χ1) is 23.9. The van der Waals surface area contributed by atoms with Gasteiger partial charge in [-0.3, -0.25) is 4.90 Å². The van der Waals surface area contributed by atoms with Crippen molar-refractivity contribution in [1.82, 2.24) is 19.9 Å². The second kappa shape index (κ2) is 13.0. The molecule has 2 aromatic heterocycles. The Morgan fingerprint density at radius 3 is 2.72 bits per heavy atom. The average molecular weight is 695 g/mol. The summed E-state index contributed by atoms with van der Waals surface area (Å²) in [4.78, 5) is 17.7. The molecule has 3 aliphatic rings. The summed E-state index contributed by atoms with van der Waals surface area (Å²) >= 11 is 0. The lowest BCUT2D eigenvalue weighted by Gasteiger charge is -2.31. The molecule has 0 saturated carbocycles. The molecule has 4 aromatic rings. The van der Waals surface area contributed by atoms with Crippen molar-refractivity contribution in [3.8, 4) is 23.0 Å². The van der Waals surface area contributed by atoms with Gasteiger partial charge in [0, 0.05) is 24.2 Å². The van der Waals surface area contributed by atoms with E-state index in [0.717, 1.165) is 6.42 Å². The molecule has 0 bridgehead atoms. The fourth-order valence-corrected chi connectivity index (χ4v) is 7.73. The van der Waals surface area contributed by atoms with Crippen LogP contribution < -0.4 is 15.4 Å². The summed E-state index contributed by atoms with van der Waals surface area (Å²) in [5.74, 6) is -1.34. The number of aliphatic hydroxyl groups is 1. The number of pyridine rings is 1. The van der Waals surface area contributed by atoms with Gasteiger partial charge in [-0.15, -0.1) is 0 Å². The average Bonchev–Trinajstić information content (AvgIpc) is 3.58. The Balaban J connectivity index is 1.45. The van der Waals surface area contributed by atoms with Gasteiger partial charge in [0.25, 0.3) is 6.08 Å². The van der Waals surface area contributed by atoms with Crippen molar-refractivity contribution in [3.05, 3.63) is 65.0 Å². The Kier molecular flexibility index (Phi) is 8.81. The fourth-order valence-electron chi connectivity index (χ4n) is 7.73. The molecule has 264 valence electrons. The zero-order valence-electron chi connectivity index (χ0n) is 27.8. The second-order valence-electron chi connectivity index (χ2n) is 13.6. The van der Waals surface area contributed by atoms with Gasteiger partial charge >= 0.3 is 6.01 Å². The molecule has 5 heterocycles. The number of aromatic hydroxyl groups is 1. The van der Waals surface area contributed by atoms with E-state index in [2.05, 4.69) is 9.97 Å². The lowest BCUT2D eigenvalue weighted by Crippen LogP contribution is -2.44. The number of halogens is 4. The van der Waals surface area contributed by atoms with Crippen molar-refractivity contribution in [2.75, 3.05) is 50.9 Å². The minimum absolute atomic E-state index is 0.0129. The number of benzene rings is 2. The largest absolute Gasteiger partial charge is 0.508 e. The van der Waals surface area contributed by atoms with Crippen LogP contribution in [0.15, 0.2) is 42.1 Å². The lowest BCUT2D eigenvalue weighted by molar-refractivity contribution is -0.0123. The van der Waals surface area contributed by atoms with E-state index < -0.39 is 28.9 Å². The van der Waals surface area contributed by atoms with Crippen molar-refractivity contribution >= 4 is 33.6 Å². The highest BCUT2D eigenvalue weighted by Gasteiger charge is 2.48. The smallest absolute Gasteiger partial charge is 0.319 e. The maximum atomic E-state index is 17.2. The number of nitrogens with zero attached hydrogens (tertiary/aromatic N) is 5. The summed E-state index contributed by atoms with van der Waals surface area (Å²) in [5, 5.41) is 22.8. The first-order valence-electron chi connectivity index (χ1n) is 16.6. The molecule has 2 unspecified atom stereocenters. The minimum atomic E-state index is -1.69. The molecule has 3 aliphatic heterocycles. The standard InChI is InChI=1S/C36H38F4N6O4/c1-3-23-25(37)6-5-20-13-22(47)14-24(27(20)23)30-29(38)31-28(26(42-30)7-9-41)33(45-11-12-49-18-35(2,48)17-45)44-34(43-31)50-19-36-8-4-10-46(36)16-21(15-36)32(39)40/h5-7,9,13-14,47-48H,3-4,8,10-12,15-19,41H2,1-2H3/b9-7-. The highest BCUT2D eigenvalue weighted by atomic mass is 19.3. The number of fused-ring (bicyclic) bond motifs is 3. The van der Waals surface area contributed by atoms with Gasteiger partial charge in [0.05, 0.1) is 36.4 Å². The van der Waals surface area contributed by atoms with E-state index in [1.165, 1.54) is 36.5 Å². The minimum Gasteiger partial charge on any atom is -0.508 e. The molecule has 3 saturated heterocycles. The van der Waals surface area contributed by atoms with Crippen LogP contribution in [0.3, 0.4) is 0 Å². The van der Waals surface area contributed by atoms with Crippen LogP contribution in [0, 0.1) is 11.6 Å². The lowest BCUT2D eigenvalue weighted by atomic mass is 9.94. The van der Waals surface area contributed by atoms with Gasteiger partial charge in [-0.1, -0.05) is 13.0 Å². The number of phenols is 1. The van der Waals surface area contributed by atoms with Gasteiger partial charge in [-0.2, -0.15) is 18.7 Å². The van der Waals surface area contributed by atoms with Gasteiger partial charge in [0.15, 0.2) is 5.82 Å². The third-order valence-corrected chi connectivity index (χ3v) is 9.94. The SMILES string of the molecule is CCc1c(F)ccc2cc(O)cc(-c3nc(/C=C\N)c4c(N5CCOCC(C)(O)C5)nc(OCC56CCCN5CC(=C(F)F)C6)nc4c3F)c12. The third-order valence-electron chi connectivity index (χ3n) is 9.94. The molecule has 10 nitrogen and oxygen atoms in total. The second-order valence-corrected chi connectivity index (χ2v) is 13.6. The summed E-state index contributed by atoms with van der Waals surface area (Å²) in [6.07, 6.45) is 2.88. The van der Waals surface area contributed by atoms with Crippen LogP contribution in [0.5, 0.6) is 11.8 Å². The molecule has 7 rings (SSSR count). The quantitative estimate of drug-likeness (QED) is 0.208. The zero-order valence-corrected chi connectivity index (χ0v) is 27.8. The van der Waals surface area contributed by atoms with E-state index in [0.29, 0.717) is 29.3 Å². The van der Waals surface area contributed by atoms with E-state index >= 15 is 8.78 Å². The molecule has 0 spiro atoms. The number of phenolic OH excluding ortho intramolecular Hbond substituents is 1. The number of anilines is 1. The maximum Gasteiger partial charge on any atom is 0.319 e. The Morgan fingerprint density at radius 2 is 1.96 bits per heavy atom. The molecule has 0 amide bonds. The number of ether oxygens (including phenoxy) is 2. The van der Waals surface area contributed by atoms with Crippen LogP contribution in [0.4, 0.5) is 23.4 Å². The molecule has 4 N–H and O–H groups in total. The summed E-state index contributed by atoms with van der Waals surface area (Å²) in [6.45, 7) is 4.80. The van der Waals surface area contributed by atoms with E-state index in [-0.39, 0.29) is 103 Å². The summed E-state index contributed by atoms with van der Waals surface area (Å²) in [5.41, 5.74) is 4.22. The number of aromatic nitrogens is 3. The monoisotopic (exact) mass is 694 g/mol. The fraction of sp³-hybridized carbons (Fsp3) is 0.417. The number of aryl methyl sites for hydroxylation is 1. The molecule has 2 atom stereocenters. The molecule has 0 radical (unpaired) electrons. The van der Waals surface area contributed by atoms with E-state index in [9.17, 15) is 19.0 Å². The molecular weight excluding hydrogens is 656 g/mol. The molecule has 3 fully saturated rings. The Labute approximate surface area is 285 Å². The topological polar surface area (TPSA) is 130 Å². The van der Waals surface area contributed by atoms with Gasteiger partial charge in [-0.05, 0) is 86.0 Å². The first-order valence-corrected chi connectivity index (χ1v) is 16.6. The van der Waals surface area contributed by atoms with Crippen LogP contribution in [0.25, 0.3) is 39.0 Å². The van der Waals surface area contributed by atoms with E-state index in [1.807, 2.05) is 4.90 Å². The number of hydrogen-bond donors (Lipinski definition) is 3. The Hall–Kier alpha value is -4.53. The van der Waals surface area contributed by atoms with Crippen molar-refractivity contribution in [3.63, 3.8) is 0 Å².